The number of nitrogens with one attached hydrogen (secondary N) is 1. The molecular formula is C20H23F3N2O3. The highest BCUT2D eigenvalue weighted by Gasteiger charge is 2.51. The Kier molecular flexibility index (Phi) is 5.91. The smallest absolute Gasteiger partial charge is 0.430 e. The maximum Gasteiger partial charge on any atom is 0.430 e. The molecule has 3 heterocycles. The van der Waals surface area contributed by atoms with Gasteiger partial charge in [-0.25, -0.2) is 4.57 Å². The minimum atomic E-state index is -5.19. The zero-order valence-electron chi connectivity index (χ0n) is 14.8. The molecule has 0 saturated heterocycles. The van der Waals surface area contributed by atoms with Crippen molar-refractivity contribution in [3.8, 4) is 5.75 Å². The molecular weight excluding hydrogens is 373 g/mol. The summed E-state index contributed by atoms with van der Waals surface area (Å²) in [5, 5.41) is 12.5. The van der Waals surface area contributed by atoms with Gasteiger partial charge in [0.25, 0.3) is 5.82 Å². The number of halogens is 3. The molecule has 5 nitrogen and oxygen atoms in total. The number of hydrogen-bond donors (Lipinski definition) is 1. The largest absolute Gasteiger partial charge is 0.542 e. The van der Waals surface area contributed by atoms with Crippen LogP contribution in [-0.2, 0) is 10.3 Å². The number of aromatic nitrogens is 1. The van der Waals surface area contributed by atoms with Crippen LogP contribution in [0.5, 0.6) is 5.75 Å². The van der Waals surface area contributed by atoms with Crippen LogP contribution in [0.1, 0.15) is 32.9 Å². The van der Waals surface area contributed by atoms with Gasteiger partial charge in [0.05, 0.1) is 18.7 Å². The molecule has 152 valence electrons. The average Bonchev–Trinajstić information content (AvgIpc) is 2.61. The summed E-state index contributed by atoms with van der Waals surface area (Å²) in [5.41, 5.74) is 1.30. The Balaban J connectivity index is 0.000000306. The third-order valence-electron chi connectivity index (χ3n) is 5.00. The number of carbonyl (C=O) groups excluding carboxylic acids is 1. The molecule has 2 aliphatic heterocycles. The highest BCUT2D eigenvalue weighted by Crippen LogP contribution is 2.45. The van der Waals surface area contributed by atoms with Crippen molar-refractivity contribution in [3.05, 3.63) is 54.2 Å². The monoisotopic (exact) mass is 396 g/mol. The fourth-order valence-corrected chi connectivity index (χ4v) is 3.55. The molecule has 28 heavy (non-hydrogen) atoms. The Bertz CT molecular complexity index is 853. The van der Waals surface area contributed by atoms with Crippen molar-refractivity contribution in [2.45, 2.75) is 39.0 Å². The topological polar surface area (TPSA) is 65.3 Å². The SMILES string of the molecule is C.CC1(C)[C@H]2COc3ccccc3[C@@H]2Nc2cccc[n+]21.O=C([O-])C(F)(F)F. The van der Waals surface area contributed by atoms with Crippen LogP contribution in [0.3, 0.4) is 0 Å². The molecule has 0 fully saturated rings. The number of nitrogens with zero attached hydrogens (tertiary/aromatic N) is 1. The molecule has 1 aromatic carbocycles. The van der Waals surface area contributed by atoms with Crippen LogP contribution < -0.4 is 19.7 Å². The van der Waals surface area contributed by atoms with E-state index in [0.717, 1.165) is 12.4 Å². The van der Waals surface area contributed by atoms with E-state index in [1.807, 2.05) is 6.07 Å². The molecule has 2 aromatic rings. The number of para-hydroxylation sites is 1. The Labute approximate surface area is 161 Å². The number of aliphatic carboxylic acids is 1. The van der Waals surface area contributed by atoms with Gasteiger partial charge in [-0.1, -0.05) is 31.7 Å². The zero-order valence-corrected chi connectivity index (χ0v) is 14.8. The number of rotatable bonds is 0. The summed E-state index contributed by atoms with van der Waals surface area (Å²) in [6, 6.07) is 15.0. The van der Waals surface area contributed by atoms with Crippen molar-refractivity contribution >= 4 is 11.8 Å². The van der Waals surface area contributed by atoms with Crippen LogP contribution in [-0.4, -0.2) is 18.8 Å². The van der Waals surface area contributed by atoms with E-state index in [-0.39, 0.29) is 13.0 Å². The van der Waals surface area contributed by atoms with Gasteiger partial charge in [0.15, 0.2) is 0 Å². The standard InChI is InChI=1S/C17H18N2O.C2HF3O2.CH4/c1-17(2)13-11-20-14-8-4-3-7-12(14)16(13)18-15-9-5-6-10-19(15)17;3-2(4,5)1(6)7;/h3-10,13,16H,11H2,1-2H3;(H,6,7);1H4/t13-,16-;;/m0../s1. The van der Waals surface area contributed by atoms with Crippen LogP contribution >= 0.6 is 0 Å². The number of benzene rings is 1. The van der Waals surface area contributed by atoms with E-state index in [1.165, 1.54) is 11.4 Å². The quantitative estimate of drug-likeness (QED) is 0.696. The second kappa shape index (κ2) is 7.69. The molecule has 8 heteroatoms. The molecule has 0 aliphatic carbocycles. The summed E-state index contributed by atoms with van der Waals surface area (Å²) >= 11 is 0. The summed E-state index contributed by atoms with van der Waals surface area (Å²) in [6.45, 7) is 5.35. The number of carboxylic acids is 1. The van der Waals surface area contributed by atoms with Crippen LogP contribution in [0.2, 0.25) is 0 Å². The second-order valence-electron chi connectivity index (χ2n) is 6.97. The van der Waals surface area contributed by atoms with Gasteiger partial charge in [-0.15, -0.1) is 0 Å². The number of alkyl halides is 3. The molecule has 4 rings (SSSR count). The zero-order chi connectivity index (χ0) is 19.8. The molecule has 0 bridgehead atoms. The highest BCUT2D eigenvalue weighted by atomic mass is 19.4. The lowest BCUT2D eigenvalue weighted by Gasteiger charge is -2.43. The third kappa shape index (κ3) is 3.90. The first-order chi connectivity index (χ1) is 12.6. The van der Waals surface area contributed by atoms with Gasteiger partial charge in [-0.3, -0.25) is 5.32 Å². The Morgan fingerprint density at radius 2 is 1.82 bits per heavy atom. The van der Waals surface area contributed by atoms with Gasteiger partial charge < -0.3 is 14.6 Å². The van der Waals surface area contributed by atoms with Crippen molar-refractivity contribution in [2.75, 3.05) is 11.9 Å². The van der Waals surface area contributed by atoms with Crippen molar-refractivity contribution < 1.29 is 32.4 Å². The lowest BCUT2D eigenvalue weighted by Crippen LogP contribution is -2.65. The number of pyridine rings is 1. The van der Waals surface area contributed by atoms with Crippen molar-refractivity contribution in [3.63, 3.8) is 0 Å². The van der Waals surface area contributed by atoms with Crippen molar-refractivity contribution in [1.29, 1.82) is 0 Å². The van der Waals surface area contributed by atoms with Crippen LogP contribution in [0.15, 0.2) is 48.7 Å². The molecule has 2 aliphatic rings. The summed E-state index contributed by atoms with van der Waals surface area (Å²) in [4.78, 5) is 8.78. The fourth-order valence-electron chi connectivity index (χ4n) is 3.55. The number of hydrogen-bond acceptors (Lipinski definition) is 4. The first kappa shape index (κ1) is 21.5. The van der Waals surface area contributed by atoms with Gasteiger partial charge in [-0.05, 0) is 26.0 Å². The highest BCUT2D eigenvalue weighted by molar-refractivity contribution is 5.70. The van der Waals surface area contributed by atoms with E-state index >= 15 is 0 Å². The number of carbonyl (C=O) groups is 1. The van der Waals surface area contributed by atoms with Gasteiger partial charge in [0.1, 0.15) is 23.3 Å². The van der Waals surface area contributed by atoms with Crippen LogP contribution in [0.4, 0.5) is 19.0 Å². The van der Waals surface area contributed by atoms with E-state index < -0.39 is 12.1 Å². The minimum absolute atomic E-state index is 0. The Hall–Kier alpha value is -2.77. The predicted molar refractivity (Wildman–Crippen MR) is 95.5 cm³/mol. The molecule has 0 amide bonds. The maximum absolute atomic E-state index is 10.5. The fraction of sp³-hybridized carbons (Fsp3) is 0.400. The Morgan fingerprint density at radius 3 is 2.46 bits per heavy atom. The number of fused-ring (bicyclic) bond motifs is 4. The van der Waals surface area contributed by atoms with Crippen molar-refractivity contribution in [2.24, 2.45) is 5.92 Å². The molecule has 0 unspecified atom stereocenters. The number of carboxylic acid groups (broad SMARTS) is 1. The molecule has 1 aromatic heterocycles. The molecule has 1 N–H and O–H groups in total. The van der Waals surface area contributed by atoms with Gasteiger partial charge in [0, 0.05) is 11.6 Å². The van der Waals surface area contributed by atoms with Crippen LogP contribution in [0.25, 0.3) is 0 Å². The van der Waals surface area contributed by atoms with Crippen LogP contribution in [0, 0.1) is 5.92 Å². The molecule has 2 atom stereocenters. The normalized spacial score (nSPS) is 21.0. The van der Waals surface area contributed by atoms with E-state index in [9.17, 15) is 13.2 Å². The van der Waals surface area contributed by atoms with E-state index in [0.29, 0.717) is 12.0 Å². The predicted octanol–water partition coefficient (Wildman–Crippen LogP) is 2.82. The van der Waals surface area contributed by atoms with E-state index in [4.69, 9.17) is 14.6 Å². The van der Waals surface area contributed by atoms with Crippen molar-refractivity contribution in [1.82, 2.24) is 0 Å². The molecule has 0 saturated carbocycles. The van der Waals surface area contributed by atoms with E-state index in [2.05, 4.69) is 66.3 Å². The van der Waals surface area contributed by atoms with Gasteiger partial charge in [-0.2, -0.15) is 13.2 Å². The third-order valence-corrected chi connectivity index (χ3v) is 5.00. The van der Waals surface area contributed by atoms with E-state index in [1.54, 1.807) is 0 Å². The Morgan fingerprint density at radius 1 is 1.21 bits per heavy atom. The summed E-state index contributed by atoms with van der Waals surface area (Å²) in [5.74, 6) is -0.401. The summed E-state index contributed by atoms with van der Waals surface area (Å²) in [6.07, 6.45) is -3.04. The summed E-state index contributed by atoms with van der Waals surface area (Å²) in [7, 11) is 0. The maximum atomic E-state index is 10.5. The lowest BCUT2D eigenvalue weighted by atomic mass is 9.76. The molecule has 0 radical (unpaired) electrons. The first-order valence-electron chi connectivity index (χ1n) is 8.40. The molecule has 0 spiro atoms. The second-order valence-corrected chi connectivity index (χ2v) is 6.97. The van der Waals surface area contributed by atoms with Gasteiger partial charge >= 0.3 is 6.18 Å². The number of anilines is 1. The average molecular weight is 396 g/mol. The number of ether oxygens (including phenoxy) is 1. The first-order valence-corrected chi connectivity index (χ1v) is 8.40. The summed E-state index contributed by atoms with van der Waals surface area (Å²) < 4.78 is 39.9. The minimum Gasteiger partial charge on any atom is -0.542 e. The van der Waals surface area contributed by atoms with Gasteiger partial charge in [0.2, 0.25) is 0 Å². The lowest BCUT2D eigenvalue weighted by molar-refractivity contribution is -0.759.